The summed E-state index contributed by atoms with van der Waals surface area (Å²) < 4.78 is 10.8. The molecule has 1 amide bonds. The molecule has 146 valence electrons. The van der Waals surface area contributed by atoms with Crippen LogP contribution >= 0.6 is 11.3 Å². The van der Waals surface area contributed by atoms with Gasteiger partial charge in [-0.2, -0.15) is 0 Å². The van der Waals surface area contributed by atoms with Crippen molar-refractivity contribution in [1.29, 1.82) is 0 Å². The van der Waals surface area contributed by atoms with Gasteiger partial charge in [-0.1, -0.05) is 6.07 Å². The molecule has 7 nitrogen and oxygen atoms in total. The third-order valence-corrected chi connectivity index (χ3v) is 5.38. The number of carbonyl (C=O) groups is 1. The molecule has 0 unspecified atom stereocenters. The van der Waals surface area contributed by atoms with Gasteiger partial charge in [-0.3, -0.25) is 4.79 Å². The fourth-order valence-corrected chi connectivity index (χ4v) is 3.96. The van der Waals surface area contributed by atoms with Crippen molar-refractivity contribution in [2.45, 2.75) is 0 Å². The van der Waals surface area contributed by atoms with E-state index in [-0.39, 0.29) is 0 Å². The average molecular weight is 406 g/mol. The number of thiophene rings is 1. The van der Waals surface area contributed by atoms with Gasteiger partial charge in [0.25, 0.3) is 0 Å². The van der Waals surface area contributed by atoms with Gasteiger partial charge in [-0.15, -0.1) is 11.3 Å². The zero-order valence-electron chi connectivity index (χ0n) is 15.8. The van der Waals surface area contributed by atoms with Crippen molar-refractivity contribution in [1.82, 2.24) is 9.97 Å². The molecule has 2 heterocycles. The smallest absolute Gasteiger partial charge is 0.248 e. The number of rotatable bonds is 6. The van der Waals surface area contributed by atoms with Crippen molar-refractivity contribution < 1.29 is 14.3 Å². The number of nitrogens with two attached hydrogens (primary N) is 1. The molecular formula is C21H18N4O3S. The SMILES string of the molecule is COc1ccc(-c2csc3ncnc(Nc4ccc(C(N)=O)cc4)c23)cc1OC. The first kappa shape index (κ1) is 18.7. The molecule has 0 saturated carbocycles. The van der Waals surface area contributed by atoms with E-state index in [1.54, 1.807) is 38.5 Å². The molecule has 0 spiro atoms. The van der Waals surface area contributed by atoms with Gasteiger partial charge < -0.3 is 20.5 Å². The van der Waals surface area contributed by atoms with E-state index in [2.05, 4.69) is 15.3 Å². The first-order valence-electron chi connectivity index (χ1n) is 8.72. The molecule has 4 rings (SSSR count). The normalized spacial score (nSPS) is 10.7. The lowest BCUT2D eigenvalue weighted by Gasteiger charge is -2.11. The molecule has 0 aliphatic rings. The number of carbonyl (C=O) groups excluding carboxylic acids is 1. The van der Waals surface area contributed by atoms with Crippen LogP contribution in [0.1, 0.15) is 10.4 Å². The highest BCUT2D eigenvalue weighted by Gasteiger charge is 2.15. The Bertz CT molecular complexity index is 1190. The first-order chi connectivity index (χ1) is 14.1. The number of hydrogen-bond donors (Lipinski definition) is 2. The minimum atomic E-state index is -0.463. The van der Waals surface area contributed by atoms with Crippen LogP contribution in [0.15, 0.2) is 54.2 Å². The second-order valence-electron chi connectivity index (χ2n) is 6.19. The number of fused-ring (bicyclic) bond motifs is 1. The van der Waals surface area contributed by atoms with Crippen molar-refractivity contribution in [2.24, 2.45) is 5.73 Å². The van der Waals surface area contributed by atoms with Crippen LogP contribution in [0.3, 0.4) is 0 Å². The van der Waals surface area contributed by atoms with E-state index in [0.29, 0.717) is 22.9 Å². The standard InChI is InChI=1S/C21H18N4O3S/c1-27-16-8-5-13(9-17(16)28-2)15-10-29-21-18(15)20(23-11-24-21)25-14-6-3-12(4-7-14)19(22)26/h3-11H,1-2H3,(H2,22,26)(H,23,24,25). The minimum Gasteiger partial charge on any atom is -0.493 e. The number of aromatic nitrogens is 2. The number of benzene rings is 2. The largest absolute Gasteiger partial charge is 0.493 e. The molecule has 3 N–H and O–H groups in total. The summed E-state index contributed by atoms with van der Waals surface area (Å²) in [5.74, 6) is 1.53. The van der Waals surface area contributed by atoms with Crippen LogP contribution in [-0.2, 0) is 0 Å². The van der Waals surface area contributed by atoms with Crippen molar-refractivity contribution in [3.05, 3.63) is 59.7 Å². The number of ether oxygens (including phenoxy) is 2. The van der Waals surface area contributed by atoms with Crippen LogP contribution in [0.4, 0.5) is 11.5 Å². The Labute approximate surface area is 171 Å². The van der Waals surface area contributed by atoms with Gasteiger partial charge in [0, 0.05) is 22.2 Å². The maximum Gasteiger partial charge on any atom is 0.248 e. The van der Waals surface area contributed by atoms with E-state index in [1.165, 1.54) is 17.7 Å². The Morgan fingerprint density at radius 2 is 1.79 bits per heavy atom. The van der Waals surface area contributed by atoms with Gasteiger partial charge in [0.05, 0.1) is 19.6 Å². The van der Waals surface area contributed by atoms with Crippen LogP contribution in [0.5, 0.6) is 11.5 Å². The Morgan fingerprint density at radius 3 is 2.48 bits per heavy atom. The fourth-order valence-electron chi connectivity index (χ4n) is 3.04. The monoisotopic (exact) mass is 406 g/mol. The van der Waals surface area contributed by atoms with Crippen molar-refractivity contribution in [3.8, 4) is 22.6 Å². The highest BCUT2D eigenvalue weighted by atomic mass is 32.1. The van der Waals surface area contributed by atoms with E-state index in [4.69, 9.17) is 15.2 Å². The Balaban J connectivity index is 1.77. The molecule has 4 aromatic rings. The molecule has 0 bridgehead atoms. The summed E-state index contributed by atoms with van der Waals surface area (Å²) >= 11 is 1.54. The highest BCUT2D eigenvalue weighted by molar-refractivity contribution is 7.17. The first-order valence-corrected chi connectivity index (χ1v) is 9.60. The second kappa shape index (κ2) is 7.76. The Hall–Kier alpha value is -3.65. The fraction of sp³-hybridized carbons (Fsp3) is 0.0952. The van der Waals surface area contributed by atoms with Crippen molar-refractivity contribution in [3.63, 3.8) is 0 Å². The number of anilines is 2. The lowest BCUT2D eigenvalue weighted by Crippen LogP contribution is -2.10. The maximum absolute atomic E-state index is 11.3. The lowest BCUT2D eigenvalue weighted by molar-refractivity contribution is 0.100. The molecule has 0 saturated heterocycles. The molecule has 29 heavy (non-hydrogen) atoms. The van der Waals surface area contributed by atoms with E-state index in [9.17, 15) is 4.79 Å². The third kappa shape index (κ3) is 3.57. The van der Waals surface area contributed by atoms with E-state index < -0.39 is 5.91 Å². The highest BCUT2D eigenvalue weighted by Crippen LogP contribution is 2.40. The van der Waals surface area contributed by atoms with Gasteiger partial charge in [-0.05, 0) is 42.0 Å². The summed E-state index contributed by atoms with van der Waals surface area (Å²) in [7, 11) is 3.22. The average Bonchev–Trinajstić information content (AvgIpc) is 3.19. The van der Waals surface area contributed by atoms with Crippen LogP contribution in [-0.4, -0.2) is 30.1 Å². The van der Waals surface area contributed by atoms with Crippen LogP contribution in [0.25, 0.3) is 21.3 Å². The summed E-state index contributed by atoms with van der Waals surface area (Å²) in [6.07, 6.45) is 1.53. The molecule has 0 aliphatic carbocycles. The van der Waals surface area contributed by atoms with Gasteiger partial charge in [-0.25, -0.2) is 9.97 Å². The molecular weight excluding hydrogens is 388 g/mol. The van der Waals surface area contributed by atoms with E-state index in [1.807, 2.05) is 23.6 Å². The summed E-state index contributed by atoms with van der Waals surface area (Å²) in [6, 6.07) is 12.7. The minimum absolute atomic E-state index is 0.449. The number of nitrogens with one attached hydrogen (secondary N) is 1. The van der Waals surface area contributed by atoms with E-state index in [0.717, 1.165) is 27.0 Å². The molecule has 2 aromatic heterocycles. The number of amides is 1. The topological polar surface area (TPSA) is 99.4 Å². The van der Waals surface area contributed by atoms with Gasteiger partial charge in [0.2, 0.25) is 5.91 Å². The number of methoxy groups -OCH3 is 2. The molecule has 0 atom stereocenters. The summed E-state index contributed by atoms with van der Waals surface area (Å²) in [4.78, 5) is 21.0. The van der Waals surface area contributed by atoms with Crippen molar-refractivity contribution in [2.75, 3.05) is 19.5 Å². The number of hydrogen-bond acceptors (Lipinski definition) is 7. The zero-order valence-corrected chi connectivity index (χ0v) is 16.6. The van der Waals surface area contributed by atoms with Gasteiger partial charge >= 0.3 is 0 Å². The third-order valence-electron chi connectivity index (χ3n) is 4.50. The Kier molecular flexibility index (Phi) is 5.01. The molecule has 0 aliphatic heterocycles. The van der Waals surface area contributed by atoms with Gasteiger partial charge in [0.15, 0.2) is 11.5 Å². The Morgan fingerprint density at radius 1 is 1.03 bits per heavy atom. The predicted octanol–water partition coefficient (Wildman–Crippen LogP) is 4.22. The van der Waals surface area contributed by atoms with Gasteiger partial charge in [0.1, 0.15) is 17.0 Å². The van der Waals surface area contributed by atoms with Crippen molar-refractivity contribution >= 4 is 39.0 Å². The molecule has 8 heteroatoms. The van der Waals surface area contributed by atoms with Crippen LogP contribution in [0, 0.1) is 0 Å². The summed E-state index contributed by atoms with van der Waals surface area (Å²) in [5, 5.41) is 6.26. The maximum atomic E-state index is 11.3. The predicted molar refractivity (Wildman–Crippen MR) is 114 cm³/mol. The second-order valence-corrected chi connectivity index (χ2v) is 7.05. The molecule has 2 aromatic carbocycles. The quantitative estimate of drug-likeness (QED) is 0.497. The van der Waals surface area contributed by atoms with Crippen LogP contribution in [0.2, 0.25) is 0 Å². The molecule has 0 radical (unpaired) electrons. The number of nitrogens with zero attached hydrogens (tertiary/aromatic N) is 2. The number of primary amides is 1. The van der Waals surface area contributed by atoms with E-state index >= 15 is 0 Å². The zero-order chi connectivity index (χ0) is 20.4. The summed E-state index contributed by atoms with van der Waals surface area (Å²) in [5.41, 5.74) is 8.50. The molecule has 0 fully saturated rings. The van der Waals surface area contributed by atoms with Crippen LogP contribution < -0.4 is 20.5 Å². The summed E-state index contributed by atoms with van der Waals surface area (Å²) in [6.45, 7) is 0. The lowest BCUT2D eigenvalue weighted by atomic mass is 10.1.